The van der Waals surface area contributed by atoms with Crippen LogP contribution in [-0.2, 0) is 10.4 Å². The molecule has 7 nitrogen and oxygen atoms in total. The molecule has 0 saturated carbocycles. The van der Waals surface area contributed by atoms with Crippen molar-refractivity contribution < 1.29 is 27.4 Å². The highest BCUT2D eigenvalue weighted by Gasteiger charge is 1.91. The number of aliphatic hydroxyl groups excluding tert-OH is 1. The molecule has 0 aliphatic rings. The number of benzene rings is 1. The Hall–Kier alpha value is -1.35. The van der Waals surface area contributed by atoms with E-state index < -0.39 is 10.4 Å². The Morgan fingerprint density at radius 3 is 2.06 bits per heavy atom. The van der Waals surface area contributed by atoms with Crippen LogP contribution in [0.15, 0.2) is 24.3 Å². The van der Waals surface area contributed by atoms with E-state index in [9.17, 15) is 0 Å². The Balaban J connectivity index is 0.000000437. The van der Waals surface area contributed by atoms with E-state index in [1.54, 1.807) is 7.11 Å². The molecule has 0 fully saturated rings. The third kappa shape index (κ3) is 10.9. The summed E-state index contributed by atoms with van der Waals surface area (Å²) in [6.07, 6.45) is 0. The molecule has 0 amide bonds. The van der Waals surface area contributed by atoms with Crippen molar-refractivity contribution in [2.45, 2.75) is 0 Å². The first kappa shape index (κ1) is 15.7. The van der Waals surface area contributed by atoms with Gasteiger partial charge in [-0.3, -0.25) is 9.11 Å². The Kier molecular flexibility index (Phi) is 7.22. The van der Waals surface area contributed by atoms with Crippen molar-refractivity contribution in [1.29, 1.82) is 0 Å². The second-order valence-electron chi connectivity index (χ2n) is 2.83. The van der Waals surface area contributed by atoms with Crippen LogP contribution in [0.2, 0.25) is 0 Å². The van der Waals surface area contributed by atoms with Gasteiger partial charge in [0.15, 0.2) is 0 Å². The van der Waals surface area contributed by atoms with Gasteiger partial charge in [0.1, 0.15) is 5.75 Å². The van der Waals surface area contributed by atoms with E-state index >= 15 is 0 Å². The number of aliphatic hydroxyl groups is 1. The highest BCUT2D eigenvalue weighted by molar-refractivity contribution is 7.79. The second kappa shape index (κ2) is 7.85. The molecule has 0 saturated heterocycles. The lowest BCUT2D eigenvalue weighted by Crippen LogP contribution is -2.04. The molecule has 1 rings (SSSR count). The van der Waals surface area contributed by atoms with E-state index in [-0.39, 0.29) is 6.61 Å². The number of hydrogen-bond donors (Lipinski definition) is 4. The van der Waals surface area contributed by atoms with Crippen molar-refractivity contribution in [3.63, 3.8) is 0 Å². The molecule has 0 heterocycles. The van der Waals surface area contributed by atoms with Crippen LogP contribution in [0.5, 0.6) is 5.75 Å². The largest absolute Gasteiger partial charge is 0.497 e. The predicted octanol–water partition coefficient (Wildman–Crippen LogP) is 0.447. The summed E-state index contributed by atoms with van der Waals surface area (Å²) >= 11 is 0. The van der Waals surface area contributed by atoms with Crippen LogP contribution in [0.1, 0.15) is 0 Å². The van der Waals surface area contributed by atoms with Crippen molar-refractivity contribution >= 4 is 16.1 Å². The number of ether oxygens (including phenoxy) is 1. The van der Waals surface area contributed by atoms with Crippen LogP contribution in [0.25, 0.3) is 0 Å². The molecule has 4 N–H and O–H groups in total. The van der Waals surface area contributed by atoms with Crippen LogP contribution in [0, 0.1) is 0 Å². The minimum absolute atomic E-state index is 0.145. The van der Waals surface area contributed by atoms with Crippen LogP contribution >= 0.6 is 0 Å². The molecule has 98 valence electrons. The number of anilines is 1. The maximum Gasteiger partial charge on any atom is 0.394 e. The molecule has 0 spiro atoms. The first-order valence-corrected chi connectivity index (χ1v) is 5.95. The van der Waals surface area contributed by atoms with Crippen LogP contribution in [-0.4, -0.2) is 42.9 Å². The van der Waals surface area contributed by atoms with Gasteiger partial charge < -0.3 is 15.2 Å². The lowest BCUT2D eigenvalue weighted by Gasteiger charge is -2.04. The zero-order valence-electron chi connectivity index (χ0n) is 9.20. The third-order valence-corrected chi connectivity index (χ3v) is 1.53. The molecule has 0 aliphatic heterocycles. The van der Waals surface area contributed by atoms with Gasteiger partial charge in [0.2, 0.25) is 0 Å². The van der Waals surface area contributed by atoms with Crippen LogP contribution in [0.3, 0.4) is 0 Å². The summed E-state index contributed by atoms with van der Waals surface area (Å²) in [5, 5.41) is 11.6. The van der Waals surface area contributed by atoms with Gasteiger partial charge in [-0.25, -0.2) is 0 Å². The first-order chi connectivity index (χ1) is 7.86. The average molecular weight is 265 g/mol. The summed E-state index contributed by atoms with van der Waals surface area (Å²) in [5.41, 5.74) is 0.991. The van der Waals surface area contributed by atoms with Gasteiger partial charge in [-0.15, -0.1) is 0 Å². The molecule has 1 aromatic rings. The van der Waals surface area contributed by atoms with Crippen molar-refractivity contribution in [2.24, 2.45) is 0 Å². The topological polar surface area (TPSA) is 116 Å². The maximum absolute atomic E-state index is 8.74. The van der Waals surface area contributed by atoms with Gasteiger partial charge in [-0.1, -0.05) is 0 Å². The number of hydrogen-bond acceptors (Lipinski definition) is 5. The van der Waals surface area contributed by atoms with E-state index in [1.165, 1.54) is 0 Å². The standard InChI is InChI=1S/C9H13NO2.H2O4S/c1-12-9-4-2-8(3-5-9)10-6-7-11;1-5(2,3)4/h2-5,10-11H,6-7H2,1H3;(H2,1,2,3,4). The minimum atomic E-state index is -4.67. The summed E-state index contributed by atoms with van der Waals surface area (Å²) in [5.74, 6) is 0.838. The van der Waals surface area contributed by atoms with E-state index in [0.29, 0.717) is 6.54 Å². The van der Waals surface area contributed by atoms with Crippen molar-refractivity contribution in [3.05, 3.63) is 24.3 Å². The lowest BCUT2D eigenvalue weighted by molar-refractivity contribution is 0.311. The van der Waals surface area contributed by atoms with E-state index in [1.807, 2.05) is 24.3 Å². The van der Waals surface area contributed by atoms with Crippen molar-refractivity contribution in [1.82, 2.24) is 0 Å². The highest BCUT2D eigenvalue weighted by atomic mass is 32.3. The fraction of sp³-hybridized carbons (Fsp3) is 0.333. The molecule has 8 heteroatoms. The minimum Gasteiger partial charge on any atom is -0.497 e. The normalized spacial score (nSPS) is 10.1. The molecule has 0 bridgehead atoms. The highest BCUT2D eigenvalue weighted by Crippen LogP contribution is 2.14. The van der Waals surface area contributed by atoms with Crippen molar-refractivity contribution in [3.8, 4) is 5.75 Å². The molecule has 1 aromatic carbocycles. The smallest absolute Gasteiger partial charge is 0.394 e. The Labute approximate surface area is 99.6 Å². The molecule has 0 aliphatic carbocycles. The summed E-state index contributed by atoms with van der Waals surface area (Å²) in [6.45, 7) is 0.721. The molecule has 0 unspecified atom stereocenters. The summed E-state index contributed by atoms with van der Waals surface area (Å²) in [6, 6.07) is 7.57. The van der Waals surface area contributed by atoms with Crippen molar-refractivity contribution in [2.75, 3.05) is 25.6 Å². The number of nitrogens with one attached hydrogen (secondary N) is 1. The average Bonchev–Trinajstić information content (AvgIpc) is 2.25. The quantitative estimate of drug-likeness (QED) is 0.584. The number of methoxy groups -OCH3 is 1. The lowest BCUT2D eigenvalue weighted by atomic mass is 10.3. The Morgan fingerprint density at radius 2 is 1.71 bits per heavy atom. The third-order valence-electron chi connectivity index (χ3n) is 1.53. The van der Waals surface area contributed by atoms with E-state index in [4.69, 9.17) is 27.4 Å². The summed E-state index contributed by atoms with van der Waals surface area (Å²) in [4.78, 5) is 0. The van der Waals surface area contributed by atoms with Gasteiger partial charge in [0, 0.05) is 12.2 Å². The van der Waals surface area contributed by atoms with E-state index in [0.717, 1.165) is 11.4 Å². The summed E-state index contributed by atoms with van der Waals surface area (Å²) in [7, 11) is -3.03. The monoisotopic (exact) mass is 265 g/mol. The van der Waals surface area contributed by atoms with E-state index in [2.05, 4.69) is 5.32 Å². The second-order valence-corrected chi connectivity index (χ2v) is 3.72. The molecule has 0 radical (unpaired) electrons. The van der Waals surface area contributed by atoms with Gasteiger partial charge in [-0.2, -0.15) is 8.42 Å². The molecular weight excluding hydrogens is 250 g/mol. The fourth-order valence-corrected chi connectivity index (χ4v) is 0.909. The summed E-state index contributed by atoms with van der Waals surface area (Å²) < 4.78 is 36.6. The zero-order valence-corrected chi connectivity index (χ0v) is 10.0. The molecule has 0 atom stereocenters. The van der Waals surface area contributed by atoms with Gasteiger partial charge in [0.05, 0.1) is 13.7 Å². The molecular formula is C9H15NO6S. The zero-order chi connectivity index (χ0) is 13.3. The van der Waals surface area contributed by atoms with Gasteiger partial charge >= 0.3 is 10.4 Å². The van der Waals surface area contributed by atoms with Gasteiger partial charge in [0.25, 0.3) is 0 Å². The van der Waals surface area contributed by atoms with Gasteiger partial charge in [-0.05, 0) is 24.3 Å². The van der Waals surface area contributed by atoms with Crippen LogP contribution < -0.4 is 10.1 Å². The fourth-order valence-electron chi connectivity index (χ4n) is 0.909. The van der Waals surface area contributed by atoms with Crippen LogP contribution in [0.4, 0.5) is 5.69 Å². The molecule has 0 aromatic heterocycles. The Morgan fingerprint density at radius 1 is 1.24 bits per heavy atom. The first-order valence-electron chi connectivity index (χ1n) is 4.55. The molecule has 17 heavy (non-hydrogen) atoms. The predicted molar refractivity (Wildman–Crippen MR) is 62.7 cm³/mol. The SMILES string of the molecule is COc1ccc(NCCO)cc1.O=S(=O)(O)O. The maximum atomic E-state index is 8.74. The number of rotatable bonds is 4. The Bertz CT molecular complexity index is 394.